The van der Waals surface area contributed by atoms with E-state index in [0.717, 1.165) is 13.0 Å². The van der Waals surface area contributed by atoms with Crippen LogP contribution in [0.25, 0.3) is 0 Å². The van der Waals surface area contributed by atoms with Crippen molar-refractivity contribution >= 4 is 0 Å². The third-order valence-corrected chi connectivity index (χ3v) is 2.84. The van der Waals surface area contributed by atoms with Crippen LogP contribution < -0.4 is 5.32 Å². The van der Waals surface area contributed by atoms with Gasteiger partial charge in [0.25, 0.3) is 0 Å². The summed E-state index contributed by atoms with van der Waals surface area (Å²) in [5.74, 6) is 0. The van der Waals surface area contributed by atoms with Gasteiger partial charge < -0.3 is 10.1 Å². The topological polar surface area (TPSA) is 21.3 Å². The third kappa shape index (κ3) is 6.39. The van der Waals surface area contributed by atoms with Gasteiger partial charge in [-0.2, -0.15) is 0 Å². The lowest BCUT2D eigenvalue weighted by atomic mass is 10.0. The second-order valence-corrected chi connectivity index (χ2v) is 4.56. The molecule has 0 aromatic carbocycles. The first-order chi connectivity index (χ1) is 6.55. The summed E-state index contributed by atoms with van der Waals surface area (Å²) in [6.07, 6.45) is 4.84. The van der Waals surface area contributed by atoms with Crippen LogP contribution in [0.1, 0.15) is 53.4 Å². The first-order valence-electron chi connectivity index (χ1n) is 5.84. The van der Waals surface area contributed by atoms with E-state index in [9.17, 15) is 0 Å². The minimum atomic E-state index is 0.0114. The highest BCUT2D eigenvalue weighted by molar-refractivity contribution is 4.71. The summed E-state index contributed by atoms with van der Waals surface area (Å²) < 4.78 is 5.37. The lowest BCUT2D eigenvalue weighted by Crippen LogP contribution is -2.34. The molecule has 0 radical (unpaired) electrons. The molecule has 0 aliphatic heterocycles. The van der Waals surface area contributed by atoms with E-state index in [0.29, 0.717) is 6.04 Å². The molecule has 2 nitrogen and oxygen atoms in total. The Morgan fingerprint density at radius 3 is 2.36 bits per heavy atom. The Bertz CT molecular complexity index is 134. The van der Waals surface area contributed by atoms with Crippen molar-refractivity contribution in [2.75, 3.05) is 13.7 Å². The first-order valence-corrected chi connectivity index (χ1v) is 5.84. The molecule has 0 rings (SSSR count). The average Bonchev–Trinajstić information content (AvgIpc) is 2.16. The minimum Gasteiger partial charge on any atom is -0.379 e. The highest BCUT2D eigenvalue weighted by atomic mass is 16.5. The molecule has 0 aromatic heterocycles. The summed E-state index contributed by atoms with van der Waals surface area (Å²) in [7, 11) is 1.78. The van der Waals surface area contributed by atoms with Gasteiger partial charge in [-0.25, -0.2) is 0 Å². The Hall–Kier alpha value is -0.0800. The molecule has 86 valence electrons. The van der Waals surface area contributed by atoms with Crippen molar-refractivity contribution in [3.05, 3.63) is 0 Å². The van der Waals surface area contributed by atoms with E-state index in [4.69, 9.17) is 4.74 Å². The fraction of sp³-hybridized carbons (Fsp3) is 1.00. The fourth-order valence-electron chi connectivity index (χ4n) is 1.48. The van der Waals surface area contributed by atoms with Gasteiger partial charge in [-0.05, 0) is 39.7 Å². The van der Waals surface area contributed by atoms with E-state index in [1.807, 2.05) is 0 Å². The predicted molar refractivity (Wildman–Crippen MR) is 62.7 cm³/mol. The highest BCUT2D eigenvalue weighted by Gasteiger charge is 2.16. The Morgan fingerprint density at radius 1 is 1.29 bits per heavy atom. The zero-order valence-electron chi connectivity index (χ0n) is 10.5. The Morgan fingerprint density at radius 2 is 1.93 bits per heavy atom. The molecule has 1 unspecified atom stereocenters. The van der Waals surface area contributed by atoms with Gasteiger partial charge >= 0.3 is 0 Å². The van der Waals surface area contributed by atoms with E-state index in [1.54, 1.807) is 7.11 Å². The smallest absolute Gasteiger partial charge is 0.0634 e. The van der Waals surface area contributed by atoms with E-state index in [1.165, 1.54) is 19.3 Å². The molecule has 14 heavy (non-hydrogen) atoms. The average molecular weight is 201 g/mol. The van der Waals surface area contributed by atoms with Gasteiger partial charge in [0.15, 0.2) is 0 Å². The van der Waals surface area contributed by atoms with E-state index >= 15 is 0 Å². The SMILES string of the molecule is CCCC(CC)NCCC(C)(C)OC. The highest BCUT2D eigenvalue weighted by Crippen LogP contribution is 2.12. The second-order valence-electron chi connectivity index (χ2n) is 4.56. The van der Waals surface area contributed by atoms with Crippen molar-refractivity contribution in [2.45, 2.75) is 65.0 Å². The zero-order valence-corrected chi connectivity index (χ0v) is 10.5. The number of hydrogen-bond donors (Lipinski definition) is 1. The first kappa shape index (κ1) is 13.9. The van der Waals surface area contributed by atoms with Crippen LogP contribution in [0, 0.1) is 0 Å². The molecular weight excluding hydrogens is 174 g/mol. The summed E-state index contributed by atoms with van der Waals surface area (Å²) in [5.41, 5.74) is 0.0114. The van der Waals surface area contributed by atoms with Crippen LogP contribution in [0.3, 0.4) is 0 Å². The molecule has 1 N–H and O–H groups in total. The second kappa shape index (κ2) is 7.24. The maximum Gasteiger partial charge on any atom is 0.0634 e. The van der Waals surface area contributed by atoms with Crippen LogP contribution in [0.5, 0.6) is 0 Å². The van der Waals surface area contributed by atoms with Crippen LogP contribution >= 0.6 is 0 Å². The van der Waals surface area contributed by atoms with Crippen LogP contribution in [0.4, 0.5) is 0 Å². The number of ether oxygens (including phenoxy) is 1. The molecule has 0 bridgehead atoms. The van der Waals surface area contributed by atoms with Gasteiger partial charge in [0.2, 0.25) is 0 Å². The van der Waals surface area contributed by atoms with Crippen molar-refractivity contribution in [3.63, 3.8) is 0 Å². The molecule has 0 fully saturated rings. The van der Waals surface area contributed by atoms with Crippen LogP contribution in [0.15, 0.2) is 0 Å². The molecule has 0 aliphatic carbocycles. The molecule has 0 aromatic rings. The lowest BCUT2D eigenvalue weighted by molar-refractivity contribution is 0.0153. The molecule has 0 heterocycles. The van der Waals surface area contributed by atoms with E-state index < -0.39 is 0 Å². The predicted octanol–water partition coefficient (Wildman–Crippen LogP) is 2.97. The summed E-state index contributed by atoms with van der Waals surface area (Å²) in [5, 5.41) is 3.58. The summed E-state index contributed by atoms with van der Waals surface area (Å²) >= 11 is 0. The fourth-order valence-corrected chi connectivity index (χ4v) is 1.48. The molecule has 0 spiro atoms. The molecule has 1 atom stereocenters. The normalized spacial score (nSPS) is 14.4. The van der Waals surface area contributed by atoms with E-state index in [2.05, 4.69) is 33.0 Å². The summed E-state index contributed by atoms with van der Waals surface area (Å²) in [4.78, 5) is 0. The largest absolute Gasteiger partial charge is 0.379 e. The molecular formula is C12H27NO. The van der Waals surface area contributed by atoms with Crippen molar-refractivity contribution in [2.24, 2.45) is 0 Å². The molecule has 0 amide bonds. The van der Waals surface area contributed by atoms with Crippen LogP contribution in [-0.4, -0.2) is 25.3 Å². The maximum absolute atomic E-state index is 5.37. The van der Waals surface area contributed by atoms with Gasteiger partial charge in [-0.1, -0.05) is 20.3 Å². The van der Waals surface area contributed by atoms with Gasteiger partial charge in [-0.15, -0.1) is 0 Å². The third-order valence-electron chi connectivity index (χ3n) is 2.84. The van der Waals surface area contributed by atoms with Gasteiger partial charge in [-0.3, -0.25) is 0 Å². The maximum atomic E-state index is 5.37. The van der Waals surface area contributed by atoms with Crippen LogP contribution in [-0.2, 0) is 4.74 Å². The quantitative estimate of drug-likeness (QED) is 0.652. The van der Waals surface area contributed by atoms with Crippen molar-refractivity contribution in [1.29, 1.82) is 0 Å². The molecule has 2 heteroatoms. The zero-order chi connectivity index (χ0) is 11.0. The Balaban J connectivity index is 3.60. The number of rotatable bonds is 8. The van der Waals surface area contributed by atoms with Crippen molar-refractivity contribution in [3.8, 4) is 0 Å². The molecule has 0 saturated carbocycles. The number of methoxy groups -OCH3 is 1. The van der Waals surface area contributed by atoms with Crippen LogP contribution in [0.2, 0.25) is 0 Å². The Labute approximate surface area is 89.4 Å². The molecule has 0 saturated heterocycles. The van der Waals surface area contributed by atoms with Crippen molar-refractivity contribution in [1.82, 2.24) is 5.32 Å². The number of hydrogen-bond acceptors (Lipinski definition) is 2. The molecule has 0 aliphatic rings. The monoisotopic (exact) mass is 201 g/mol. The summed E-state index contributed by atoms with van der Waals surface area (Å²) in [6, 6.07) is 0.688. The van der Waals surface area contributed by atoms with Gasteiger partial charge in [0.1, 0.15) is 0 Å². The van der Waals surface area contributed by atoms with Gasteiger partial charge in [0, 0.05) is 13.2 Å². The number of nitrogens with one attached hydrogen (secondary N) is 1. The van der Waals surface area contributed by atoms with Crippen molar-refractivity contribution < 1.29 is 4.74 Å². The van der Waals surface area contributed by atoms with E-state index in [-0.39, 0.29) is 5.60 Å². The summed E-state index contributed by atoms with van der Waals surface area (Å²) in [6.45, 7) is 9.81. The lowest BCUT2D eigenvalue weighted by Gasteiger charge is -2.24. The standard InChI is InChI=1S/C12H27NO/c1-6-8-11(7-2)13-10-9-12(3,4)14-5/h11,13H,6-10H2,1-5H3. The van der Waals surface area contributed by atoms with Gasteiger partial charge in [0.05, 0.1) is 5.60 Å². The Kier molecular flexibility index (Phi) is 7.20. The minimum absolute atomic E-state index is 0.0114.